The standard InChI is InChI=1S/C15H18FN3O3/c1-3-21-10-18-14-13(16)8-17-15(19-14)22-9-11-5-4-6-12(7-11)20-2/h4-8H,3,9-10H2,1-2H3,(H,17,18,19). The number of methoxy groups -OCH3 is 1. The molecule has 0 bridgehead atoms. The van der Waals surface area contributed by atoms with Crippen LogP contribution in [0.3, 0.4) is 0 Å². The molecule has 0 fully saturated rings. The molecule has 0 aliphatic heterocycles. The molecule has 0 saturated carbocycles. The number of aromatic nitrogens is 2. The number of hydrogen-bond donors (Lipinski definition) is 1. The van der Waals surface area contributed by atoms with Crippen LogP contribution in [0.25, 0.3) is 0 Å². The smallest absolute Gasteiger partial charge is 0.318 e. The molecule has 1 heterocycles. The number of halogens is 1. The van der Waals surface area contributed by atoms with E-state index in [1.807, 2.05) is 31.2 Å². The van der Waals surface area contributed by atoms with Crippen molar-refractivity contribution in [3.8, 4) is 11.8 Å². The van der Waals surface area contributed by atoms with Gasteiger partial charge in [-0.3, -0.25) is 0 Å². The molecule has 0 amide bonds. The molecule has 1 aromatic heterocycles. The lowest BCUT2D eigenvalue weighted by molar-refractivity contribution is 0.166. The number of rotatable bonds is 8. The molecule has 0 spiro atoms. The van der Waals surface area contributed by atoms with E-state index in [9.17, 15) is 4.39 Å². The van der Waals surface area contributed by atoms with Crippen LogP contribution in [0.1, 0.15) is 12.5 Å². The lowest BCUT2D eigenvalue weighted by atomic mass is 10.2. The summed E-state index contributed by atoms with van der Waals surface area (Å²) in [4.78, 5) is 7.78. The molecule has 2 aromatic rings. The normalized spacial score (nSPS) is 10.3. The van der Waals surface area contributed by atoms with Gasteiger partial charge in [-0.1, -0.05) is 12.1 Å². The van der Waals surface area contributed by atoms with Crippen LogP contribution < -0.4 is 14.8 Å². The van der Waals surface area contributed by atoms with Crippen molar-refractivity contribution in [1.82, 2.24) is 9.97 Å². The fourth-order valence-corrected chi connectivity index (χ4v) is 1.68. The van der Waals surface area contributed by atoms with Crippen molar-refractivity contribution in [2.45, 2.75) is 13.5 Å². The summed E-state index contributed by atoms with van der Waals surface area (Å²) in [5.41, 5.74) is 0.899. The van der Waals surface area contributed by atoms with E-state index >= 15 is 0 Å². The summed E-state index contributed by atoms with van der Waals surface area (Å²) in [6.07, 6.45) is 1.06. The molecule has 6 nitrogen and oxygen atoms in total. The van der Waals surface area contributed by atoms with Crippen molar-refractivity contribution in [2.75, 3.05) is 25.8 Å². The lowest BCUT2D eigenvalue weighted by Gasteiger charge is -2.09. The minimum absolute atomic E-state index is 0.0455. The van der Waals surface area contributed by atoms with Crippen LogP contribution in [-0.4, -0.2) is 30.4 Å². The van der Waals surface area contributed by atoms with Gasteiger partial charge in [0.2, 0.25) is 0 Å². The molecule has 0 aliphatic rings. The molecule has 2 rings (SSSR count). The second kappa shape index (κ2) is 8.14. The quantitative estimate of drug-likeness (QED) is 0.597. The highest BCUT2D eigenvalue weighted by Gasteiger charge is 2.08. The summed E-state index contributed by atoms with van der Waals surface area (Å²) < 4.78 is 29.2. The van der Waals surface area contributed by atoms with E-state index in [0.717, 1.165) is 17.5 Å². The van der Waals surface area contributed by atoms with E-state index in [1.54, 1.807) is 7.11 Å². The molecule has 0 atom stereocenters. The van der Waals surface area contributed by atoms with Crippen LogP contribution in [0.5, 0.6) is 11.8 Å². The number of nitrogens with zero attached hydrogens (tertiary/aromatic N) is 2. The SMILES string of the molecule is CCOCNc1nc(OCc2cccc(OC)c2)ncc1F. The predicted octanol–water partition coefficient (Wildman–Crippen LogP) is 2.61. The van der Waals surface area contributed by atoms with Gasteiger partial charge in [0, 0.05) is 6.61 Å². The van der Waals surface area contributed by atoms with Gasteiger partial charge in [-0.25, -0.2) is 9.37 Å². The molecule has 1 N–H and O–H groups in total. The first-order chi connectivity index (χ1) is 10.7. The van der Waals surface area contributed by atoms with Gasteiger partial charge in [0.1, 0.15) is 19.1 Å². The van der Waals surface area contributed by atoms with E-state index < -0.39 is 5.82 Å². The maximum atomic E-state index is 13.5. The van der Waals surface area contributed by atoms with Crippen molar-refractivity contribution in [3.05, 3.63) is 41.8 Å². The number of nitrogens with one attached hydrogen (secondary N) is 1. The minimum atomic E-state index is -0.562. The number of ether oxygens (including phenoxy) is 3. The Bertz CT molecular complexity index is 610. The topological polar surface area (TPSA) is 65.5 Å². The molecule has 0 saturated heterocycles. The number of anilines is 1. The van der Waals surface area contributed by atoms with Gasteiger partial charge in [0.15, 0.2) is 11.6 Å². The zero-order chi connectivity index (χ0) is 15.8. The van der Waals surface area contributed by atoms with E-state index in [2.05, 4.69) is 15.3 Å². The van der Waals surface area contributed by atoms with Crippen LogP contribution in [-0.2, 0) is 11.3 Å². The van der Waals surface area contributed by atoms with Crippen molar-refractivity contribution in [3.63, 3.8) is 0 Å². The molecule has 7 heteroatoms. The van der Waals surface area contributed by atoms with Gasteiger partial charge in [-0.05, 0) is 24.6 Å². The van der Waals surface area contributed by atoms with Crippen LogP contribution in [0, 0.1) is 5.82 Å². The summed E-state index contributed by atoms with van der Waals surface area (Å²) in [5, 5.41) is 2.72. The van der Waals surface area contributed by atoms with Crippen molar-refractivity contribution in [1.29, 1.82) is 0 Å². The van der Waals surface area contributed by atoms with Crippen LogP contribution in [0.15, 0.2) is 30.5 Å². The highest BCUT2D eigenvalue weighted by Crippen LogP contribution is 2.16. The van der Waals surface area contributed by atoms with Gasteiger partial charge in [-0.15, -0.1) is 0 Å². The van der Waals surface area contributed by atoms with E-state index in [1.165, 1.54) is 0 Å². The largest absolute Gasteiger partial charge is 0.497 e. The summed E-state index contributed by atoms with van der Waals surface area (Å²) in [6, 6.07) is 7.52. The summed E-state index contributed by atoms with van der Waals surface area (Å²) >= 11 is 0. The van der Waals surface area contributed by atoms with Crippen molar-refractivity contribution in [2.24, 2.45) is 0 Å². The average molecular weight is 307 g/mol. The third kappa shape index (κ3) is 4.56. The van der Waals surface area contributed by atoms with Gasteiger partial charge in [0.25, 0.3) is 0 Å². The second-order valence-corrected chi connectivity index (χ2v) is 4.30. The first kappa shape index (κ1) is 16.0. The second-order valence-electron chi connectivity index (χ2n) is 4.30. The van der Waals surface area contributed by atoms with Crippen LogP contribution >= 0.6 is 0 Å². The van der Waals surface area contributed by atoms with Gasteiger partial charge >= 0.3 is 6.01 Å². The highest BCUT2D eigenvalue weighted by molar-refractivity contribution is 5.35. The molecule has 0 aliphatic carbocycles. The maximum absolute atomic E-state index is 13.5. The van der Waals surface area contributed by atoms with Crippen molar-refractivity contribution < 1.29 is 18.6 Å². The fraction of sp³-hybridized carbons (Fsp3) is 0.333. The summed E-state index contributed by atoms with van der Waals surface area (Å²) in [7, 11) is 1.60. The molecule has 0 radical (unpaired) electrons. The molecule has 1 aromatic carbocycles. The number of benzene rings is 1. The Hall–Kier alpha value is -2.41. The molecular formula is C15H18FN3O3. The monoisotopic (exact) mass is 307 g/mol. The van der Waals surface area contributed by atoms with Crippen LogP contribution in [0.2, 0.25) is 0 Å². The third-order valence-electron chi connectivity index (χ3n) is 2.77. The van der Waals surface area contributed by atoms with Gasteiger partial charge in [-0.2, -0.15) is 4.98 Å². The first-order valence-electron chi connectivity index (χ1n) is 6.82. The van der Waals surface area contributed by atoms with Crippen molar-refractivity contribution >= 4 is 5.82 Å². The Balaban J connectivity index is 1.98. The third-order valence-corrected chi connectivity index (χ3v) is 2.77. The fourth-order valence-electron chi connectivity index (χ4n) is 1.68. The van der Waals surface area contributed by atoms with E-state index in [-0.39, 0.29) is 25.2 Å². The Morgan fingerprint density at radius 1 is 1.32 bits per heavy atom. The average Bonchev–Trinajstić information content (AvgIpc) is 2.55. The summed E-state index contributed by atoms with van der Waals surface area (Å²) in [6.45, 7) is 2.80. The Morgan fingerprint density at radius 3 is 2.95 bits per heavy atom. The molecule has 0 unspecified atom stereocenters. The first-order valence-corrected chi connectivity index (χ1v) is 6.82. The highest BCUT2D eigenvalue weighted by atomic mass is 19.1. The van der Waals surface area contributed by atoms with Gasteiger partial charge < -0.3 is 19.5 Å². The maximum Gasteiger partial charge on any atom is 0.318 e. The summed E-state index contributed by atoms with van der Waals surface area (Å²) in [5.74, 6) is 0.220. The Kier molecular flexibility index (Phi) is 5.91. The Morgan fingerprint density at radius 2 is 2.18 bits per heavy atom. The van der Waals surface area contributed by atoms with E-state index in [0.29, 0.717) is 6.61 Å². The van der Waals surface area contributed by atoms with Crippen LogP contribution in [0.4, 0.5) is 10.2 Å². The Labute approximate surface area is 128 Å². The number of hydrogen-bond acceptors (Lipinski definition) is 6. The minimum Gasteiger partial charge on any atom is -0.497 e. The molecular weight excluding hydrogens is 289 g/mol. The zero-order valence-electron chi connectivity index (χ0n) is 12.5. The molecule has 118 valence electrons. The zero-order valence-corrected chi connectivity index (χ0v) is 12.5. The molecule has 22 heavy (non-hydrogen) atoms. The predicted molar refractivity (Wildman–Crippen MR) is 79.4 cm³/mol. The van der Waals surface area contributed by atoms with E-state index in [4.69, 9.17) is 14.2 Å². The lowest BCUT2D eigenvalue weighted by Crippen LogP contribution is -2.10. The van der Waals surface area contributed by atoms with Gasteiger partial charge in [0.05, 0.1) is 13.3 Å².